The summed E-state index contributed by atoms with van der Waals surface area (Å²) in [6, 6.07) is 3.18. The molecule has 1 rings (SSSR count). The lowest BCUT2D eigenvalue weighted by molar-refractivity contribution is -0.387. The molecule has 7 nitrogen and oxygen atoms in total. The topological polar surface area (TPSA) is 83.8 Å². The van der Waals surface area contributed by atoms with Crippen molar-refractivity contribution in [1.29, 1.82) is 0 Å². The highest BCUT2D eigenvalue weighted by Gasteiger charge is 2.20. The molecule has 0 aliphatic heterocycles. The Labute approximate surface area is 121 Å². The zero-order valence-corrected chi connectivity index (χ0v) is 12.0. The predicted molar refractivity (Wildman–Crippen MR) is 74.4 cm³/mol. The van der Waals surface area contributed by atoms with Gasteiger partial charge in [-0.3, -0.25) is 19.7 Å². The van der Waals surface area contributed by atoms with E-state index in [0.29, 0.717) is 0 Å². The summed E-state index contributed by atoms with van der Waals surface area (Å²) in [5, 5.41) is 10.7. The summed E-state index contributed by atoms with van der Waals surface area (Å²) in [6.07, 6.45) is 0.273. The molecule has 0 radical (unpaired) electrons. The van der Waals surface area contributed by atoms with Crippen molar-refractivity contribution in [2.45, 2.75) is 13.3 Å². The Hall–Kier alpha value is -2.51. The second kappa shape index (κ2) is 6.78. The average Bonchev–Trinajstić information content (AvgIpc) is 2.45. The average molecular weight is 297 g/mol. The third kappa shape index (κ3) is 3.98. The first-order chi connectivity index (χ1) is 9.77. The molecule has 8 heteroatoms. The van der Waals surface area contributed by atoms with Crippen molar-refractivity contribution >= 4 is 23.2 Å². The molecular formula is C13H16FN3O4. The maximum absolute atomic E-state index is 13.2. The summed E-state index contributed by atoms with van der Waals surface area (Å²) < 4.78 is 13.2. The van der Waals surface area contributed by atoms with Crippen LogP contribution >= 0.6 is 0 Å². The van der Waals surface area contributed by atoms with Crippen LogP contribution < -0.4 is 4.90 Å². The molecular weight excluding hydrogens is 281 g/mol. The monoisotopic (exact) mass is 297 g/mol. The number of hydrogen-bond donors (Lipinski definition) is 0. The standard InChI is InChI=1S/C13H16FN3O4/c1-4-12(18)15(2)8-13(19)16(3)9-5-6-10(14)11(7-9)17(20)21/h5-7H,4,8H2,1-3H3. The van der Waals surface area contributed by atoms with Crippen molar-refractivity contribution in [2.75, 3.05) is 25.5 Å². The molecule has 0 fully saturated rings. The number of nitro groups is 1. The Morgan fingerprint density at radius 3 is 2.43 bits per heavy atom. The Bertz CT molecular complexity index is 577. The highest BCUT2D eigenvalue weighted by Crippen LogP contribution is 2.23. The normalized spacial score (nSPS) is 10.1. The van der Waals surface area contributed by atoms with Gasteiger partial charge in [0.15, 0.2) is 0 Å². The van der Waals surface area contributed by atoms with Gasteiger partial charge in [-0.1, -0.05) is 6.92 Å². The number of rotatable bonds is 5. The van der Waals surface area contributed by atoms with Crippen molar-refractivity contribution in [3.8, 4) is 0 Å². The Kier molecular flexibility index (Phi) is 5.34. The van der Waals surface area contributed by atoms with Crippen molar-refractivity contribution < 1.29 is 18.9 Å². The van der Waals surface area contributed by atoms with Crippen LogP contribution in [-0.2, 0) is 9.59 Å². The molecule has 1 aromatic rings. The van der Waals surface area contributed by atoms with Crippen LogP contribution in [0.25, 0.3) is 0 Å². The van der Waals surface area contributed by atoms with Gasteiger partial charge in [-0.05, 0) is 12.1 Å². The number of benzene rings is 1. The SMILES string of the molecule is CCC(=O)N(C)CC(=O)N(C)c1ccc(F)c([N+](=O)[O-])c1. The largest absolute Gasteiger partial charge is 0.336 e. The van der Waals surface area contributed by atoms with Crippen molar-refractivity contribution in [2.24, 2.45) is 0 Å². The lowest BCUT2D eigenvalue weighted by Gasteiger charge is -2.21. The second-order valence-electron chi connectivity index (χ2n) is 4.45. The molecule has 0 aliphatic carbocycles. The number of anilines is 1. The van der Waals surface area contributed by atoms with Crippen LogP contribution in [0.15, 0.2) is 18.2 Å². The van der Waals surface area contributed by atoms with E-state index in [-0.39, 0.29) is 24.6 Å². The first-order valence-electron chi connectivity index (χ1n) is 6.22. The van der Waals surface area contributed by atoms with Gasteiger partial charge in [-0.25, -0.2) is 0 Å². The first-order valence-corrected chi connectivity index (χ1v) is 6.22. The van der Waals surface area contributed by atoms with E-state index in [2.05, 4.69) is 0 Å². The molecule has 21 heavy (non-hydrogen) atoms. The minimum absolute atomic E-state index is 0.158. The Balaban J connectivity index is 2.90. The number of nitro benzene ring substituents is 1. The van der Waals surface area contributed by atoms with Crippen LogP contribution in [0.2, 0.25) is 0 Å². The minimum Gasteiger partial charge on any atom is -0.336 e. The van der Waals surface area contributed by atoms with E-state index in [1.165, 1.54) is 25.1 Å². The van der Waals surface area contributed by atoms with Gasteiger partial charge in [0.2, 0.25) is 17.6 Å². The van der Waals surface area contributed by atoms with Gasteiger partial charge in [0.1, 0.15) is 0 Å². The number of halogens is 1. The van der Waals surface area contributed by atoms with E-state index in [4.69, 9.17) is 0 Å². The highest BCUT2D eigenvalue weighted by atomic mass is 19.1. The van der Waals surface area contributed by atoms with E-state index in [0.717, 1.165) is 17.0 Å². The van der Waals surface area contributed by atoms with Crippen molar-refractivity contribution in [3.63, 3.8) is 0 Å². The molecule has 0 aromatic heterocycles. The number of carbonyl (C=O) groups excluding carboxylic acids is 2. The number of hydrogen-bond acceptors (Lipinski definition) is 4. The Morgan fingerprint density at radius 2 is 1.90 bits per heavy atom. The van der Waals surface area contributed by atoms with Crippen LogP contribution in [0, 0.1) is 15.9 Å². The predicted octanol–water partition coefficient (Wildman–Crippen LogP) is 1.57. The van der Waals surface area contributed by atoms with Gasteiger partial charge >= 0.3 is 5.69 Å². The summed E-state index contributed by atoms with van der Waals surface area (Å²) in [5.74, 6) is -1.59. The van der Waals surface area contributed by atoms with E-state index in [1.54, 1.807) is 6.92 Å². The summed E-state index contributed by atoms with van der Waals surface area (Å²) in [7, 11) is 2.90. The van der Waals surface area contributed by atoms with Gasteiger partial charge in [-0.15, -0.1) is 0 Å². The molecule has 114 valence electrons. The molecule has 0 spiro atoms. The van der Waals surface area contributed by atoms with Gasteiger partial charge in [0, 0.05) is 26.6 Å². The summed E-state index contributed by atoms with van der Waals surface area (Å²) in [4.78, 5) is 35.6. The maximum atomic E-state index is 13.2. The fourth-order valence-corrected chi connectivity index (χ4v) is 1.66. The van der Waals surface area contributed by atoms with Crippen LogP contribution in [0.5, 0.6) is 0 Å². The molecule has 0 N–H and O–H groups in total. The lowest BCUT2D eigenvalue weighted by Crippen LogP contribution is -2.39. The molecule has 0 atom stereocenters. The molecule has 1 aromatic carbocycles. The van der Waals surface area contributed by atoms with Gasteiger partial charge in [-0.2, -0.15) is 4.39 Å². The van der Waals surface area contributed by atoms with E-state index >= 15 is 0 Å². The molecule has 0 saturated carbocycles. The van der Waals surface area contributed by atoms with Crippen LogP contribution in [0.1, 0.15) is 13.3 Å². The zero-order chi connectivity index (χ0) is 16.2. The fraction of sp³-hybridized carbons (Fsp3) is 0.385. The summed E-state index contributed by atoms with van der Waals surface area (Å²) in [5.41, 5.74) is -0.518. The van der Waals surface area contributed by atoms with Crippen LogP contribution in [0.3, 0.4) is 0 Å². The summed E-state index contributed by atoms with van der Waals surface area (Å²) >= 11 is 0. The molecule has 0 aliphatic rings. The van der Waals surface area contributed by atoms with Crippen molar-refractivity contribution in [1.82, 2.24) is 4.90 Å². The van der Waals surface area contributed by atoms with E-state index < -0.39 is 22.3 Å². The van der Waals surface area contributed by atoms with Gasteiger partial charge < -0.3 is 9.80 Å². The minimum atomic E-state index is -0.970. The quantitative estimate of drug-likeness (QED) is 0.610. The molecule has 0 unspecified atom stereocenters. The molecule has 0 bridgehead atoms. The second-order valence-corrected chi connectivity index (χ2v) is 4.45. The fourth-order valence-electron chi connectivity index (χ4n) is 1.66. The molecule has 0 saturated heterocycles. The number of nitrogens with zero attached hydrogens (tertiary/aromatic N) is 3. The van der Waals surface area contributed by atoms with Crippen LogP contribution in [-0.4, -0.2) is 42.3 Å². The maximum Gasteiger partial charge on any atom is 0.306 e. The third-order valence-electron chi connectivity index (χ3n) is 2.99. The smallest absolute Gasteiger partial charge is 0.306 e. The highest BCUT2D eigenvalue weighted by molar-refractivity contribution is 5.96. The first kappa shape index (κ1) is 16.5. The van der Waals surface area contributed by atoms with E-state index in [1.807, 2.05) is 0 Å². The molecule has 0 heterocycles. The number of likely N-dealkylation sites (N-methyl/N-ethyl adjacent to an activating group) is 2. The summed E-state index contributed by atoms with van der Waals surface area (Å²) in [6.45, 7) is 1.52. The van der Waals surface area contributed by atoms with Gasteiger partial charge in [0.05, 0.1) is 17.2 Å². The number of amides is 2. The van der Waals surface area contributed by atoms with Crippen molar-refractivity contribution in [3.05, 3.63) is 34.1 Å². The Morgan fingerprint density at radius 1 is 1.29 bits per heavy atom. The lowest BCUT2D eigenvalue weighted by atomic mass is 10.2. The molecule has 2 amide bonds. The zero-order valence-electron chi connectivity index (χ0n) is 12.0. The van der Waals surface area contributed by atoms with Gasteiger partial charge in [0.25, 0.3) is 0 Å². The van der Waals surface area contributed by atoms with E-state index in [9.17, 15) is 24.1 Å². The third-order valence-corrected chi connectivity index (χ3v) is 2.99. The number of carbonyl (C=O) groups is 2. The van der Waals surface area contributed by atoms with Crippen LogP contribution in [0.4, 0.5) is 15.8 Å².